The molecule has 20 heavy (non-hydrogen) atoms. The second-order valence-corrected chi connectivity index (χ2v) is 8.07. The van der Waals surface area contributed by atoms with E-state index in [9.17, 15) is 0 Å². The first kappa shape index (κ1) is 14.2. The Labute approximate surface area is 132 Å². The quantitative estimate of drug-likeness (QED) is 0.837. The summed E-state index contributed by atoms with van der Waals surface area (Å²) >= 11 is 5.34. The lowest BCUT2D eigenvalue weighted by Crippen LogP contribution is -2.30. The summed E-state index contributed by atoms with van der Waals surface area (Å²) in [6.07, 6.45) is 3.05. The lowest BCUT2D eigenvalue weighted by atomic mass is 10.1. The van der Waals surface area contributed by atoms with Gasteiger partial charge in [0, 0.05) is 54.3 Å². The third-order valence-electron chi connectivity index (χ3n) is 3.56. The van der Waals surface area contributed by atoms with E-state index in [2.05, 4.69) is 51.8 Å². The number of halogens is 1. The van der Waals surface area contributed by atoms with Gasteiger partial charge in [0.1, 0.15) is 5.82 Å². The average Bonchev–Trinajstić information content (AvgIpc) is 2.83. The Morgan fingerprint density at radius 2 is 2.25 bits per heavy atom. The van der Waals surface area contributed by atoms with Crippen LogP contribution >= 0.6 is 27.3 Å². The fourth-order valence-corrected chi connectivity index (χ4v) is 3.99. The van der Waals surface area contributed by atoms with Crippen LogP contribution in [0.3, 0.4) is 0 Å². The van der Waals surface area contributed by atoms with Crippen LogP contribution in [0.4, 0.5) is 0 Å². The normalized spacial score (nSPS) is 15.6. The first-order valence-electron chi connectivity index (χ1n) is 6.93. The van der Waals surface area contributed by atoms with Crippen molar-refractivity contribution in [2.75, 3.05) is 6.54 Å². The van der Waals surface area contributed by atoms with Crippen molar-refractivity contribution < 1.29 is 0 Å². The van der Waals surface area contributed by atoms with E-state index < -0.39 is 0 Å². The molecule has 0 radical (unpaired) electrons. The molecule has 0 atom stereocenters. The maximum absolute atomic E-state index is 4.72. The van der Waals surface area contributed by atoms with Gasteiger partial charge in [0.05, 0.1) is 3.79 Å². The molecule has 0 aliphatic carbocycles. The minimum absolute atomic E-state index is 0.404. The second-order valence-electron chi connectivity index (χ2n) is 5.52. The fraction of sp³-hybridized carbons (Fsp3) is 0.467. The van der Waals surface area contributed by atoms with Crippen molar-refractivity contribution in [3.8, 4) is 0 Å². The van der Waals surface area contributed by atoms with E-state index in [-0.39, 0.29) is 0 Å². The molecule has 0 bridgehead atoms. The highest BCUT2D eigenvalue weighted by atomic mass is 79.9. The predicted molar refractivity (Wildman–Crippen MR) is 86.0 cm³/mol. The zero-order valence-corrected chi connectivity index (χ0v) is 14.2. The van der Waals surface area contributed by atoms with Crippen molar-refractivity contribution in [2.24, 2.45) is 0 Å². The number of fused-ring (bicyclic) bond motifs is 1. The van der Waals surface area contributed by atoms with Crippen molar-refractivity contribution in [1.82, 2.24) is 14.9 Å². The first-order chi connectivity index (χ1) is 9.61. The van der Waals surface area contributed by atoms with Gasteiger partial charge in [0.15, 0.2) is 0 Å². The van der Waals surface area contributed by atoms with Gasteiger partial charge < -0.3 is 0 Å². The number of aromatic nitrogens is 2. The zero-order valence-electron chi connectivity index (χ0n) is 11.8. The second kappa shape index (κ2) is 5.92. The highest BCUT2D eigenvalue weighted by Gasteiger charge is 2.19. The zero-order chi connectivity index (χ0) is 14.1. The van der Waals surface area contributed by atoms with Gasteiger partial charge in [-0.05, 0) is 28.1 Å². The van der Waals surface area contributed by atoms with Crippen molar-refractivity contribution >= 4 is 27.3 Å². The molecule has 0 spiro atoms. The highest BCUT2D eigenvalue weighted by molar-refractivity contribution is 9.11. The Morgan fingerprint density at radius 1 is 1.40 bits per heavy atom. The molecule has 0 fully saturated rings. The molecule has 2 aromatic heterocycles. The van der Waals surface area contributed by atoms with E-state index in [0.29, 0.717) is 5.92 Å². The average molecular weight is 352 g/mol. The Balaban J connectivity index is 1.72. The molecule has 3 heterocycles. The van der Waals surface area contributed by atoms with Crippen LogP contribution in [0, 0.1) is 0 Å². The minimum Gasteiger partial charge on any atom is -0.293 e. The van der Waals surface area contributed by atoms with Crippen LogP contribution in [0.15, 0.2) is 22.1 Å². The van der Waals surface area contributed by atoms with Gasteiger partial charge >= 0.3 is 0 Å². The van der Waals surface area contributed by atoms with Crippen LogP contribution in [-0.4, -0.2) is 21.4 Å². The molecule has 5 heteroatoms. The van der Waals surface area contributed by atoms with Gasteiger partial charge in [-0.15, -0.1) is 11.3 Å². The largest absolute Gasteiger partial charge is 0.293 e. The molecule has 0 amide bonds. The van der Waals surface area contributed by atoms with E-state index in [4.69, 9.17) is 4.98 Å². The summed E-state index contributed by atoms with van der Waals surface area (Å²) in [5, 5.41) is 0. The van der Waals surface area contributed by atoms with Crippen molar-refractivity contribution in [3.05, 3.63) is 44.1 Å². The predicted octanol–water partition coefficient (Wildman–Crippen LogP) is 3.98. The van der Waals surface area contributed by atoms with Crippen LogP contribution in [-0.2, 0) is 19.5 Å². The van der Waals surface area contributed by atoms with Crippen molar-refractivity contribution in [3.63, 3.8) is 0 Å². The summed E-state index contributed by atoms with van der Waals surface area (Å²) in [4.78, 5) is 13.1. The molecule has 1 aliphatic rings. The molecule has 0 saturated carbocycles. The van der Waals surface area contributed by atoms with Gasteiger partial charge in [-0.3, -0.25) is 4.90 Å². The van der Waals surface area contributed by atoms with E-state index in [1.165, 1.54) is 19.9 Å². The Hall–Kier alpha value is -0.780. The van der Waals surface area contributed by atoms with E-state index in [1.807, 2.05) is 17.5 Å². The standard InChI is InChI=1S/C15H18BrN3S/c1-10(2)15-17-7-11-8-19(6-5-13(11)18-15)9-12-3-4-14(16)20-12/h3-4,7,10H,5-6,8-9H2,1-2H3. The summed E-state index contributed by atoms with van der Waals surface area (Å²) in [5.41, 5.74) is 2.53. The molecule has 1 aliphatic heterocycles. The third kappa shape index (κ3) is 3.10. The summed E-state index contributed by atoms with van der Waals surface area (Å²) in [5.74, 6) is 1.38. The number of thiophene rings is 1. The maximum atomic E-state index is 4.72. The van der Waals surface area contributed by atoms with Crippen LogP contribution in [0.25, 0.3) is 0 Å². The van der Waals surface area contributed by atoms with Crippen molar-refractivity contribution in [1.29, 1.82) is 0 Å². The van der Waals surface area contributed by atoms with Gasteiger partial charge in [0.2, 0.25) is 0 Å². The SMILES string of the molecule is CC(C)c1ncc2c(n1)CCN(Cc1ccc(Br)s1)C2. The topological polar surface area (TPSA) is 29.0 Å². The molecule has 0 saturated heterocycles. The monoisotopic (exact) mass is 351 g/mol. The van der Waals surface area contributed by atoms with Crippen LogP contribution in [0.2, 0.25) is 0 Å². The molecule has 0 aromatic carbocycles. The minimum atomic E-state index is 0.404. The molecule has 3 nitrogen and oxygen atoms in total. The molecule has 0 unspecified atom stereocenters. The Kier molecular flexibility index (Phi) is 4.19. The number of hydrogen-bond acceptors (Lipinski definition) is 4. The van der Waals surface area contributed by atoms with E-state index in [1.54, 1.807) is 0 Å². The fourth-order valence-electron chi connectivity index (χ4n) is 2.46. The van der Waals surface area contributed by atoms with Gasteiger partial charge in [-0.2, -0.15) is 0 Å². The molecule has 106 valence electrons. The van der Waals surface area contributed by atoms with Gasteiger partial charge in [-0.25, -0.2) is 9.97 Å². The molecular weight excluding hydrogens is 334 g/mol. The van der Waals surface area contributed by atoms with Gasteiger partial charge in [-0.1, -0.05) is 13.8 Å². The van der Waals surface area contributed by atoms with Crippen LogP contribution < -0.4 is 0 Å². The molecule has 2 aromatic rings. The Bertz CT molecular complexity index is 609. The Morgan fingerprint density at radius 3 is 2.95 bits per heavy atom. The molecular formula is C15H18BrN3S. The van der Waals surface area contributed by atoms with Crippen molar-refractivity contribution in [2.45, 2.75) is 39.3 Å². The lowest BCUT2D eigenvalue weighted by Gasteiger charge is -2.27. The summed E-state index contributed by atoms with van der Waals surface area (Å²) in [6, 6.07) is 4.32. The van der Waals surface area contributed by atoms with Crippen LogP contribution in [0.1, 0.15) is 41.7 Å². The summed E-state index contributed by atoms with van der Waals surface area (Å²) in [7, 11) is 0. The van der Waals surface area contributed by atoms with E-state index >= 15 is 0 Å². The number of hydrogen-bond donors (Lipinski definition) is 0. The summed E-state index contributed by atoms with van der Waals surface area (Å²) in [6.45, 7) is 7.35. The van der Waals surface area contributed by atoms with E-state index in [0.717, 1.165) is 31.9 Å². The number of rotatable bonds is 3. The molecule has 3 rings (SSSR count). The smallest absolute Gasteiger partial charge is 0.131 e. The molecule has 0 N–H and O–H groups in total. The lowest BCUT2D eigenvalue weighted by molar-refractivity contribution is 0.244. The van der Waals surface area contributed by atoms with Gasteiger partial charge in [0.25, 0.3) is 0 Å². The highest BCUT2D eigenvalue weighted by Crippen LogP contribution is 2.25. The third-order valence-corrected chi connectivity index (χ3v) is 5.16. The number of nitrogens with zero attached hydrogens (tertiary/aromatic N) is 3. The first-order valence-corrected chi connectivity index (χ1v) is 8.54. The maximum Gasteiger partial charge on any atom is 0.131 e. The summed E-state index contributed by atoms with van der Waals surface area (Å²) < 4.78 is 1.20. The van der Waals surface area contributed by atoms with Crippen LogP contribution in [0.5, 0.6) is 0 Å².